The number of furan rings is 1. The predicted octanol–water partition coefficient (Wildman–Crippen LogP) is 3.14. The summed E-state index contributed by atoms with van der Waals surface area (Å²) < 4.78 is 5.43. The van der Waals surface area contributed by atoms with Crippen LogP contribution in [0.25, 0.3) is 0 Å². The summed E-state index contributed by atoms with van der Waals surface area (Å²) >= 11 is 0. The molecule has 0 aliphatic heterocycles. The monoisotopic (exact) mass is 434 g/mol. The van der Waals surface area contributed by atoms with E-state index in [1.807, 2.05) is 32.0 Å². The van der Waals surface area contributed by atoms with Gasteiger partial charge in [-0.2, -0.15) is 0 Å². The minimum absolute atomic E-state index is 0.0346. The number of nitrogens with zero attached hydrogens (tertiary/aromatic N) is 2. The van der Waals surface area contributed by atoms with E-state index < -0.39 is 17.9 Å². The van der Waals surface area contributed by atoms with Crippen LogP contribution in [0.1, 0.15) is 35.5 Å². The van der Waals surface area contributed by atoms with Gasteiger partial charge in [0.25, 0.3) is 5.91 Å². The predicted molar refractivity (Wildman–Crippen MR) is 119 cm³/mol. The Bertz CT molecular complexity index is 1060. The zero-order valence-electron chi connectivity index (χ0n) is 18.3. The molecule has 2 aromatic heterocycles. The Morgan fingerprint density at radius 2 is 1.78 bits per heavy atom. The van der Waals surface area contributed by atoms with Crippen LogP contribution in [0.2, 0.25) is 0 Å². The summed E-state index contributed by atoms with van der Waals surface area (Å²) in [4.78, 5) is 43.8. The number of aryl methyl sites for hydroxylation is 2. The average Bonchev–Trinajstić information content (AvgIpc) is 3.28. The van der Waals surface area contributed by atoms with E-state index in [-0.39, 0.29) is 19.0 Å². The highest BCUT2D eigenvalue weighted by Crippen LogP contribution is 2.26. The van der Waals surface area contributed by atoms with Crippen molar-refractivity contribution in [1.29, 1.82) is 0 Å². The molecule has 0 bridgehead atoms. The normalized spacial score (nSPS) is 11.5. The Balaban J connectivity index is 2.00. The number of pyridine rings is 1. The van der Waals surface area contributed by atoms with Crippen molar-refractivity contribution in [2.75, 3.05) is 11.9 Å². The van der Waals surface area contributed by atoms with Gasteiger partial charge in [0.2, 0.25) is 11.8 Å². The van der Waals surface area contributed by atoms with E-state index in [4.69, 9.17) is 4.42 Å². The number of carbonyl (C=O) groups is 3. The number of nitrogens with one attached hydrogen (secondary N) is 2. The molecule has 0 fully saturated rings. The van der Waals surface area contributed by atoms with Gasteiger partial charge >= 0.3 is 0 Å². The van der Waals surface area contributed by atoms with Crippen molar-refractivity contribution < 1.29 is 18.8 Å². The van der Waals surface area contributed by atoms with Crippen LogP contribution in [0.4, 0.5) is 5.69 Å². The third kappa shape index (κ3) is 5.60. The number of benzene rings is 1. The van der Waals surface area contributed by atoms with Crippen molar-refractivity contribution in [2.45, 2.75) is 33.4 Å². The molecule has 0 saturated heterocycles. The van der Waals surface area contributed by atoms with Gasteiger partial charge in [-0.25, -0.2) is 0 Å². The minimum atomic E-state index is -1.04. The number of para-hydroxylation sites is 1. The maximum atomic E-state index is 13.6. The molecule has 2 heterocycles. The quantitative estimate of drug-likeness (QED) is 0.567. The summed E-state index contributed by atoms with van der Waals surface area (Å²) in [6.45, 7) is 4.92. The first-order valence-electron chi connectivity index (χ1n) is 10.2. The van der Waals surface area contributed by atoms with Crippen molar-refractivity contribution in [2.24, 2.45) is 0 Å². The van der Waals surface area contributed by atoms with Gasteiger partial charge in [-0.05, 0) is 49.2 Å². The number of amides is 3. The molecule has 0 saturated carbocycles. The number of hydrogen-bond acceptors (Lipinski definition) is 5. The number of carbonyl (C=O) groups excluding carboxylic acids is 3. The van der Waals surface area contributed by atoms with Crippen LogP contribution < -0.4 is 10.6 Å². The third-order valence-corrected chi connectivity index (χ3v) is 4.97. The fraction of sp³-hybridized carbons (Fsp3) is 0.250. The second kappa shape index (κ2) is 10.4. The molecule has 1 aromatic carbocycles. The largest absolute Gasteiger partial charge is 0.467 e. The maximum Gasteiger partial charge on any atom is 0.253 e. The zero-order valence-corrected chi connectivity index (χ0v) is 18.3. The van der Waals surface area contributed by atoms with Crippen LogP contribution in [0, 0.1) is 13.8 Å². The second-order valence-corrected chi connectivity index (χ2v) is 7.42. The Labute approximate surface area is 186 Å². The van der Waals surface area contributed by atoms with E-state index >= 15 is 0 Å². The van der Waals surface area contributed by atoms with Crippen molar-refractivity contribution in [3.05, 3.63) is 83.6 Å². The Hall–Kier alpha value is -3.94. The molecule has 0 aliphatic carbocycles. The summed E-state index contributed by atoms with van der Waals surface area (Å²) in [5.74, 6) is -0.694. The molecule has 166 valence electrons. The van der Waals surface area contributed by atoms with E-state index in [1.54, 1.807) is 36.5 Å². The molecular formula is C24H26N4O4. The van der Waals surface area contributed by atoms with Gasteiger partial charge in [-0.3, -0.25) is 19.4 Å². The van der Waals surface area contributed by atoms with E-state index in [9.17, 15) is 14.4 Å². The van der Waals surface area contributed by atoms with Gasteiger partial charge in [0, 0.05) is 18.8 Å². The lowest BCUT2D eigenvalue weighted by Gasteiger charge is -2.30. The maximum absolute atomic E-state index is 13.6. The smallest absolute Gasteiger partial charge is 0.253 e. The molecule has 3 aromatic rings. The summed E-state index contributed by atoms with van der Waals surface area (Å²) in [6, 6.07) is 13.3. The molecule has 3 amide bonds. The molecule has 0 unspecified atom stereocenters. The zero-order chi connectivity index (χ0) is 23.1. The van der Waals surface area contributed by atoms with Gasteiger partial charge in [0.1, 0.15) is 5.76 Å². The van der Waals surface area contributed by atoms with Crippen LogP contribution in [-0.4, -0.2) is 34.2 Å². The first kappa shape index (κ1) is 22.7. The highest BCUT2D eigenvalue weighted by Gasteiger charge is 2.33. The van der Waals surface area contributed by atoms with Gasteiger partial charge in [0.15, 0.2) is 6.04 Å². The number of aromatic nitrogens is 1. The molecular weight excluding hydrogens is 408 g/mol. The van der Waals surface area contributed by atoms with Crippen molar-refractivity contribution in [3.8, 4) is 0 Å². The first-order valence-corrected chi connectivity index (χ1v) is 10.2. The van der Waals surface area contributed by atoms with Crippen molar-refractivity contribution in [3.63, 3.8) is 0 Å². The van der Waals surface area contributed by atoms with Gasteiger partial charge < -0.3 is 20.0 Å². The fourth-order valence-corrected chi connectivity index (χ4v) is 3.37. The first-order chi connectivity index (χ1) is 15.4. The van der Waals surface area contributed by atoms with Crippen LogP contribution >= 0.6 is 0 Å². The van der Waals surface area contributed by atoms with Crippen molar-refractivity contribution in [1.82, 2.24) is 15.2 Å². The van der Waals surface area contributed by atoms with Crippen LogP contribution in [-0.2, 0) is 20.9 Å². The number of anilines is 1. The molecule has 3 rings (SSSR count). The highest BCUT2D eigenvalue weighted by atomic mass is 16.3. The Morgan fingerprint density at radius 3 is 2.38 bits per heavy atom. The molecule has 2 N–H and O–H groups in total. The molecule has 1 atom stereocenters. The third-order valence-electron chi connectivity index (χ3n) is 4.97. The van der Waals surface area contributed by atoms with E-state index in [2.05, 4.69) is 15.6 Å². The van der Waals surface area contributed by atoms with E-state index in [1.165, 1.54) is 18.1 Å². The molecule has 0 spiro atoms. The van der Waals surface area contributed by atoms with Crippen molar-refractivity contribution >= 4 is 23.4 Å². The number of hydrogen-bond donors (Lipinski definition) is 2. The Kier molecular flexibility index (Phi) is 7.38. The minimum Gasteiger partial charge on any atom is -0.467 e. The lowest BCUT2D eigenvalue weighted by molar-refractivity contribution is -0.140. The van der Waals surface area contributed by atoms with Gasteiger partial charge in [-0.1, -0.05) is 24.3 Å². The standard InChI is InChI=1S/C24H26N4O4/c1-16-8-6-9-17(2)22(16)27-24(31)23(20-11-4-5-12-25-20)28(15-19-10-7-13-32-19)21(30)14-26-18(3)29/h4-13,23H,14-15H2,1-3H3,(H,26,29)(H,27,31)/t23-/m0/s1. The fourth-order valence-electron chi connectivity index (χ4n) is 3.37. The summed E-state index contributed by atoms with van der Waals surface area (Å²) in [5.41, 5.74) is 2.89. The van der Waals surface area contributed by atoms with Crippen LogP contribution in [0.3, 0.4) is 0 Å². The average molecular weight is 434 g/mol. The lowest BCUT2D eigenvalue weighted by Crippen LogP contribution is -2.45. The number of rotatable bonds is 8. The van der Waals surface area contributed by atoms with Crippen LogP contribution in [0.5, 0.6) is 0 Å². The van der Waals surface area contributed by atoms with E-state index in [0.717, 1.165) is 11.1 Å². The van der Waals surface area contributed by atoms with Gasteiger partial charge in [-0.15, -0.1) is 0 Å². The topological polar surface area (TPSA) is 105 Å². The molecule has 8 nitrogen and oxygen atoms in total. The lowest BCUT2D eigenvalue weighted by atomic mass is 10.1. The molecule has 8 heteroatoms. The summed E-state index contributed by atoms with van der Waals surface area (Å²) in [6.07, 6.45) is 3.07. The molecule has 32 heavy (non-hydrogen) atoms. The highest BCUT2D eigenvalue weighted by molar-refractivity contribution is 5.99. The SMILES string of the molecule is CC(=O)NCC(=O)N(Cc1ccco1)[C@H](C(=O)Nc1c(C)cccc1C)c1ccccn1. The molecule has 0 aliphatic rings. The molecule has 0 radical (unpaired) electrons. The second-order valence-electron chi connectivity index (χ2n) is 7.42. The Morgan fingerprint density at radius 1 is 1.03 bits per heavy atom. The van der Waals surface area contributed by atoms with Crippen LogP contribution in [0.15, 0.2) is 65.4 Å². The van der Waals surface area contributed by atoms with E-state index in [0.29, 0.717) is 17.1 Å². The summed E-state index contributed by atoms with van der Waals surface area (Å²) in [7, 11) is 0. The summed E-state index contributed by atoms with van der Waals surface area (Å²) in [5, 5.41) is 5.47. The van der Waals surface area contributed by atoms with Gasteiger partial charge in [0.05, 0.1) is 25.0 Å².